The van der Waals surface area contributed by atoms with Gasteiger partial charge in [-0.05, 0) is 17.7 Å². The highest BCUT2D eigenvalue weighted by atomic mass is 16.5. The van der Waals surface area contributed by atoms with Crippen LogP contribution in [0.15, 0.2) is 60.0 Å². The molecule has 1 aliphatic carbocycles. The lowest BCUT2D eigenvalue weighted by Crippen LogP contribution is -2.39. The van der Waals surface area contributed by atoms with E-state index in [4.69, 9.17) is 4.74 Å². The third kappa shape index (κ3) is 3.08. The predicted molar refractivity (Wildman–Crippen MR) is 94.4 cm³/mol. The molecule has 128 valence electrons. The van der Waals surface area contributed by atoms with Crippen molar-refractivity contribution in [2.24, 2.45) is 0 Å². The Balaban J connectivity index is 1.46. The SMILES string of the molecule is O=C1C(=C2C=CN(CCN3CCOCC3)C=C2)C(=O)c2ccccc21. The van der Waals surface area contributed by atoms with Crippen molar-refractivity contribution in [3.8, 4) is 0 Å². The first-order chi connectivity index (χ1) is 12.2. The van der Waals surface area contributed by atoms with Crippen LogP contribution in [0.2, 0.25) is 0 Å². The van der Waals surface area contributed by atoms with Crippen LogP contribution in [0.4, 0.5) is 0 Å². The Morgan fingerprint density at radius 1 is 0.880 bits per heavy atom. The molecular formula is C20H20N2O3. The van der Waals surface area contributed by atoms with Gasteiger partial charge in [-0.25, -0.2) is 0 Å². The van der Waals surface area contributed by atoms with Gasteiger partial charge in [-0.1, -0.05) is 24.3 Å². The van der Waals surface area contributed by atoms with E-state index in [0.717, 1.165) is 39.4 Å². The summed E-state index contributed by atoms with van der Waals surface area (Å²) in [6.07, 6.45) is 7.59. The van der Waals surface area contributed by atoms with Crippen molar-refractivity contribution in [1.82, 2.24) is 9.80 Å². The van der Waals surface area contributed by atoms with Gasteiger partial charge in [0.15, 0.2) is 11.6 Å². The standard InChI is InChI=1S/C20H20N2O3/c23-19-16-3-1-2-4-17(16)20(24)18(19)15-5-7-21(8-6-15)9-10-22-11-13-25-14-12-22/h1-8H,9-14H2. The van der Waals surface area contributed by atoms with Gasteiger partial charge >= 0.3 is 0 Å². The summed E-state index contributed by atoms with van der Waals surface area (Å²) < 4.78 is 5.36. The van der Waals surface area contributed by atoms with Crippen LogP contribution in [0.25, 0.3) is 0 Å². The molecule has 1 aromatic carbocycles. The van der Waals surface area contributed by atoms with Crippen LogP contribution in [0.3, 0.4) is 0 Å². The topological polar surface area (TPSA) is 49.9 Å². The van der Waals surface area contributed by atoms with Gasteiger partial charge < -0.3 is 9.64 Å². The molecule has 2 heterocycles. The van der Waals surface area contributed by atoms with E-state index < -0.39 is 0 Å². The zero-order valence-electron chi connectivity index (χ0n) is 14.0. The fraction of sp³-hybridized carbons (Fsp3) is 0.300. The molecule has 0 unspecified atom stereocenters. The predicted octanol–water partition coefficient (Wildman–Crippen LogP) is 2.04. The smallest absolute Gasteiger partial charge is 0.198 e. The number of ketones is 2. The largest absolute Gasteiger partial charge is 0.379 e. The molecule has 0 amide bonds. The molecule has 0 atom stereocenters. The molecule has 0 bridgehead atoms. The maximum Gasteiger partial charge on any atom is 0.198 e. The number of hydrogen-bond donors (Lipinski definition) is 0. The normalized spacial score (nSPS) is 20.6. The molecule has 1 aromatic rings. The van der Waals surface area contributed by atoms with Crippen molar-refractivity contribution in [3.63, 3.8) is 0 Å². The molecule has 0 spiro atoms. The maximum absolute atomic E-state index is 12.5. The molecular weight excluding hydrogens is 316 g/mol. The number of nitrogens with zero attached hydrogens (tertiary/aromatic N) is 2. The van der Waals surface area contributed by atoms with Crippen molar-refractivity contribution in [2.45, 2.75) is 0 Å². The third-order valence-electron chi connectivity index (χ3n) is 4.83. The van der Waals surface area contributed by atoms with Crippen LogP contribution < -0.4 is 0 Å². The molecule has 0 radical (unpaired) electrons. The number of carbonyl (C=O) groups excluding carboxylic acids is 2. The van der Waals surface area contributed by atoms with E-state index in [2.05, 4.69) is 9.80 Å². The molecule has 0 aromatic heterocycles. The number of hydrogen-bond acceptors (Lipinski definition) is 5. The summed E-state index contributed by atoms with van der Waals surface area (Å²) in [6, 6.07) is 7.01. The highest BCUT2D eigenvalue weighted by Crippen LogP contribution is 2.30. The number of rotatable bonds is 3. The first-order valence-corrected chi connectivity index (χ1v) is 8.59. The summed E-state index contributed by atoms with van der Waals surface area (Å²) in [6.45, 7) is 5.38. The lowest BCUT2D eigenvalue weighted by atomic mass is 10.0. The number of allylic oxidation sites excluding steroid dienone is 4. The van der Waals surface area contributed by atoms with Gasteiger partial charge in [0.1, 0.15) is 0 Å². The fourth-order valence-corrected chi connectivity index (χ4v) is 3.37. The van der Waals surface area contributed by atoms with Gasteiger partial charge in [-0.15, -0.1) is 0 Å². The Labute approximate surface area is 146 Å². The molecule has 5 heteroatoms. The van der Waals surface area contributed by atoms with Gasteiger partial charge in [0.25, 0.3) is 0 Å². The Morgan fingerprint density at radius 2 is 1.48 bits per heavy atom. The Kier molecular flexibility index (Phi) is 4.34. The summed E-state index contributed by atoms with van der Waals surface area (Å²) in [5.74, 6) is -0.349. The zero-order chi connectivity index (χ0) is 17.2. The molecule has 3 aliphatic rings. The van der Waals surface area contributed by atoms with E-state index in [1.165, 1.54) is 0 Å². The minimum absolute atomic E-state index is 0.174. The number of ether oxygens (including phenoxy) is 1. The Bertz CT molecular complexity index is 748. The number of benzene rings is 1. The van der Waals surface area contributed by atoms with E-state index in [-0.39, 0.29) is 17.1 Å². The van der Waals surface area contributed by atoms with Gasteiger partial charge in [0.05, 0.1) is 18.8 Å². The van der Waals surface area contributed by atoms with E-state index in [1.54, 1.807) is 24.3 Å². The van der Waals surface area contributed by atoms with E-state index in [1.807, 2.05) is 24.6 Å². The van der Waals surface area contributed by atoms with E-state index >= 15 is 0 Å². The second-order valence-corrected chi connectivity index (χ2v) is 6.36. The van der Waals surface area contributed by atoms with Crippen LogP contribution in [0, 0.1) is 0 Å². The summed E-state index contributed by atoms with van der Waals surface area (Å²) in [5.41, 5.74) is 1.98. The van der Waals surface area contributed by atoms with E-state index in [9.17, 15) is 9.59 Å². The van der Waals surface area contributed by atoms with Crippen LogP contribution in [-0.4, -0.2) is 60.8 Å². The van der Waals surface area contributed by atoms with Crippen molar-refractivity contribution in [2.75, 3.05) is 39.4 Å². The van der Waals surface area contributed by atoms with Gasteiger partial charge in [0, 0.05) is 49.7 Å². The molecule has 1 saturated heterocycles. The van der Waals surface area contributed by atoms with Gasteiger partial charge in [0.2, 0.25) is 0 Å². The number of Topliss-reactive ketones (excluding diaryl/α,β-unsaturated/α-hetero) is 2. The highest BCUT2D eigenvalue weighted by Gasteiger charge is 2.34. The van der Waals surface area contributed by atoms with Crippen molar-refractivity contribution in [3.05, 3.63) is 71.1 Å². The Hall–Kier alpha value is -2.50. The van der Waals surface area contributed by atoms with Crippen molar-refractivity contribution < 1.29 is 14.3 Å². The second kappa shape index (κ2) is 6.78. The molecule has 0 N–H and O–H groups in total. The second-order valence-electron chi connectivity index (χ2n) is 6.36. The van der Waals surface area contributed by atoms with Gasteiger partial charge in [-0.3, -0.25) is 14.5 Å². The summed E-state index contributed by atoms with van der Waals surface area (Å²) in [4.78, 5) is 29.5. The molecule has 4 rings (SSSR count). The first kappa shape index (κ1) is 16.0. The molecule has 0 saturated carbocycles. The minimum Gasteiger partial charge on any atom is -0.379 e. The van der Waals surface area contributed by atoms with Crippen LogP contribution in [0.5, 0.6) is 0 Å². The summed E-state index contributed by atoms with van der Waals surface area (Å²) >= 11 is 0. The van der Waals surface area contributed by atoms with Crippen LogP contribution >= 0.6 is 0 Å². The van der Waals surface area contributed by atoms with Crippen molar-refractivity contribution >= 4 is 11.6 Å². The quantitative estimate of drug-likeness (QED) is 0.624. The fourth-order valence-electron chi connectivity index (χ4n) is 3.37. The van der Waals surface area contributed by atoms with E-state index in [0.29, 0.717) is 16.7 Å². The Morgan fingerprint density at radius 3 is 2.08 bits per heavy atom. The molecule has 5 nitrogen and oxygen atoms in total. The highest BCUT2D eigenvalue weighted by molar-refractivity contribution is 6.40. The molecule has 2 aliphatic heterocycles. The maximum atomic E-state index is 12.5. The van der Waals surface area contributed by atoms with Crippen LogP contribution in [-0.2, 0) is 4.74 Å². The summed E-state index contributed by atoms with van der Waals surface area (Å²) in [7, 11) is 0. The van der Waals surface area contributed by atoms with Gasteiger partial charge in [-0.2, -0.15) is 0 Å². The minimum atomic E-state index is -0.174. The number of morpholine rings is 1. The monoisotopic (exact) mass is 336 g/mol. The molecule has 25 heavy (non-hydrogen) atoms. The number of fused-ring (bicyclic) bond motifs is 1. The lowest BCUT2D eigenvalue weighted by molar-refractivity contribution is 0.0364. The first-order valence-electron chi connectivity index (χ1n) is 8.59. The lowest BCUT2D eigenvalue weighted by Gasteiger charge is -2.29. The van der Waals surface area contributed by atoms with Crippen LogP contribution in [0.1, 0.15) is 20.7 Å². The van der Waals surface area contributed by atoms with Crippen molar-refractivity contribution in [1.29, 1.82) is 0 Å². The average Bonchev–Trinajstić information content (AvgIpc) is 2.93. The zero-order valence-corrected chi connectivity index (χ0v) is 14.0. The average molecular weight is 336 g/mol. The summed E-state index contributed by atoms with van der Waals surface area (Å²) in [5, 5.41) is 0. The number of carbonyl (C=O) groups is 2. The molecule has 1 fully saturated rings. The third-order valence-corrected chi connectivity index (χ3v) is 4.83.